The Labute approximate surface area is 105 Å². The number of methoxy groups -OCH3 is 1. The zero-order valence-corrected chi connectivity index (χ0v) is 10.7. The molecule has 0 bridgehead atoms. The lowest BCUT2D eigenvalue weighted by Gasteiger charge is -2.09. The molecule has 1 aliphatic heterocycles. The van der Waals surface area contributed by atoms with Gasteiger partial charge < -0.3 is 4.74 Å². The van der Waals surface area contributed by atoms with Crippen molar-refractivity contribution >= 4 is 5.97 Å². The monoisotopic (exact) mass is 251 g/mol. The Hall–Kier alpha value is -1.85. The minimum atomic E-state index is -0.382. The molecule has 6 heteroatoms. The smallest absolute Gasteiger partial charge is 0.346 e. The number of carbonyl (C=O) groups excluding carboxylic acids is 1. The van der Waals surface area contributed by atoms with Crippen LogP contribution in [0.15, 0.2) is 16.4 Å². The van der Waals surface area contributed by atoms with Crippen molar-refractivity contribution in [3.8, 4) is 0 Å². The molecule has 0 saturated heterocycles. The zero-order valence-electron chi connectivity index (χ0n) is 10.7. The van der Waals surface area contributed by atoms with Crippen molar-refractivity contribution in [1.29, 1.82) is 0 Å². The van der Waals surface area contributed by atoms with Crippen LogP contribution in [-0.4, -0.2) is 27.4 Å². The Morgan fingerprint density at radius 1 is 1.50 bits per heavy atom. The van der Waals surface area contributed by atoms with Crippen molar-refractivity contribution in [1.82, 2.24) is 14.3 Å². The van der Waals surface area contributed by atoms with Crippen molar-refractivity contribution in [3.05, 3.63) is 28.0 Å². The van der Waals surface area contributed by atoms with E-state index in [2.05, 4.69) is 9.84 Å². The molecule has 0 atom stereocenters. The molecule has 1 aliphatic rings. The van der Waals surface area contributed by atoms with Crippen LogP contribution < -0.4 is 5.69 Å². The normalized spacial score (nSPS) is 15.3. The van der Waals surface area contributed by atoms with E-state index in [1.54, 1.807) is 17.6 Å². The van der Waals surface area contributed by atoms with Crippen LogP contribution in [0.1, 0.15) is 25.6 Å². The van der Waals surface area contributed by atoms with E-state index in [4.69, 9.17) is 0 Å². The second kappa shape index (κ2) is 5.20. The van der Waals surface area contributed by atoms with Gasteiger partial charge >= 0.3 is 11.7 Å². The number of ether oxygens (including phenoxy) is 1. The third-order valence-electron chi connectivity index (χ3n) is 3.11. The number of fused-ring (bicyclic) bond motifs is 1. The van der Waals surface area contributed by atoms with Gasteiger partial charge in [0.15, 0.2) is 0 Å². The lowest BCUT2D eigenvalue weighted by atomic mass is 10.2. The van der Waals surface area contributed by atoms with Crippen LogP contribution in [0, 0.1) is 0 Å². The topological polar surface area (TPSA) is 66.1 Å². The summed E-state index contributed by atoms with van der Waals surface area (Å²) in [6, 6.07) is 0. The number of allylic oxidation sites excluding steroid dienone is 1. The average Bonchev–Trinajstić information content (AvgIpc) is 2.72. The average molecular weight is 251 g/mol. The van der Waals surface area contributed by atoms with Crippen LogP contribution in [0.4, 0.5) is 0 Å². The number of hydrogen-bond acceptors (Lipinski definition) is 4. The van der Waals surface area contributed by atoms with Gasteiger partial charge in [0.1, 0.15) is 5.82 Å². The molecular formula is C12H17N3O3. The largest absolute Gasteiger partial charge is 0.466 e. The summed E-state index contributed by atoms with van der Waals surface area (Å²) in [7, 11) is 1.33. The van der Waals surface area contributed by atoms with Crippen molar-refractivity contribution in [2.75, 3.05) is 7.11 Å². The molecule has 6 nitrogen and oxygen atoms in total. The molecule has 2 heterocycles. The van der Waals surface area contributed by atoms with Gasteiger partial charge in [0, 0.05) is 18.5 Å². The number of rotatable bonds is 3. The highest BCUT2D eigenvalue weighted by Crippen LogP contribution is 2.09. The molecule has 0 aliphatic carbocycles. The molecule has 1 aromatic heterocycles. The van der Waals surface area contributed by atoms with Crippen molar-refractivity contribution < 1.29 is 9.53 Å². The van der Waals surface area contributed by atoms with Crippen LogP contribution in [0.2, 0.25) is 0 Å². The van der Waals surface area contributed by atoms with Gasteiger partial charge in [0.2, 0.25) is 0 Å². The lowest BCUT2D eigenvalue weighted by molar-refractivity contribution is -0.136. The van der Waals surface area contributed by atoms with E-state index < -0.39 is 0 Å². The number of aryl methyl sites for hydroxylation is 1. The van der Waals surface area contributed by atoms with Crippen LogP contribution in [0.25, 0.3) is 0 Å². The standard InChI is InChI=1S/C12H17N3O3/c1-9(11(16)18-2)6-8-15-12(17)14-7-4-3-5-10(14)13-15/h6H,3-5,7-8H2,1-2H3. The molecule has 1 aromatic rings. The Balaban J connectivity index is 2.18. The number of aromatic nitrogens is 3. The fourth-order valence-electron chi connectivity index (χ4n) is 2.04. The first-order chi connectivity index (χ1) is 8.63. The lowest BCUT2D eigenvalue weighted by Crippen LogP contribution is -2.26. The Morgan fingerprint density at radius 3 is 2.94 bits per heavy atom. The molecule has 18 heavy (non-hydrogen) atoms. The number of esters is 1. The van der Waals surface area contributed by atoms with Gasteiger partial charge in [-0.15, -0.1) is 0 Å². The van der Waals surface area contributed by atoms with Crippen LogP contribution in [-0.2, 0) is 29.0 Å². The molecule has 0 amide bonds. The van der Waals surface area contributed by atoms with E-state index in [-0.39, 0.29) is 11.7 Å². The molecular weight excluding hydrogens is 234 g/mol. The quantitative estimate of drug-likeness (QED) is 0.579. The van der Waals surface area contributed by atoms with Gasteiger partial charge in [0.25, 0.3) is 0 Å². The summed E-state index contributed by atoms with van der Waals surface area (Å²) in [5, 5.41) is 4.28. The maximum Gasteiger partial charge on any atom is 0.346 e. The van der Waals surface area contributed by atoms with Gasteiger partial charge in [-0.2, -0.15) is 5.10 Å². The SMILES string of the molecule is COC(=O)C(C)=CCn1nc2n(c1=O)CCCC2. The van der Waals surface area contributed by atoms with Crippen LogP contribution in [0.5, 0.6) is 0 Å². The maximum absolute atomic E-state index is 12.0. The fraction of sp³-hybridized carbons (Fsp3) is 0.583. The molecule has 0 aromatic carbocycles. The van der Waals surface area contributed by atoms with E-state index in [0.717, 1.165) is 31.6 Å². The Morgan fingerprint density at radius 2 is 2.28 bits per heavy atom. The van der Waals surface area contributed by atoms with Crippen LogP contribution >= 0.6 is 0 Å². The second-order valence-corrected chi connectivity index (χ2v) is 4.37. The predicted octanol–water partition coefficient (Wildman–Crippen LogP) is 0.500. The Bertz CT molecular complexity index is 539. The molecule has 0 saturated carbocycles. The van der Waals surface area contributed by atoms with Gasteiger partial charge in [0.05, 0.1) is 13.7 Å². The highest BCUT2D eigenvalue weighted by molar-refractivity contribution is 5.87. The number of hydrogen-bond donors (Lipinski definition) is 0. The van der Waals surface area contributed by atoms with E-state index >= 15 is 0 Å². The molecule has 0 fully saturated rings. The summed E-state index contributed by atoms with van der Waals surface area (Å²) in [5.41, 5.74) is 0.383. The molecule has 0 N–H and O–H groups in total. The van der Waals surface area contributed by atoms with E-state index in [1.807, 2.05) is 0 Å². The first kappa shape index (κ1) is 12.6. The van der Waals surface area contributed by atoms with Gasteiger partial charge in [-0.3, -0.25) is 4.57 Å². The van der Waals surface area contributed by atoms with Gasteiger partial charge in [-0.25, -0.2) is 14.3 Å². The van der Waals surface area contributed by atoms with E-state index in [0.29, 0.717) is 12.1 Å². The summed E-state index contributed by atoms with van der Waals surface area (Å²) in [6.07, 6.45) is 4.61. The van der Waals surface area contributed by atoms with E-state index in [1.165, 1.54) is 11.8 Å². The zero-order chi connectivity index (χ0) is 13.1. The highest BCUT2D eigenvalue weighted by atomic mass is 16.5. The summed E-state index contributed by atoms with van der Waals surface area (Å²) in [4.78, 5) is 23.2. The Kier molecular flexibility index (Phi) is 3.64. The third kappa shape index (κ3) is 2.37. The minimum absolute atomic E-state index is 0.0985. The van der Waals surface area contributed by atoms with Gasteiger partial charge in [-0.05, 0) is 19.8 Å². The van der Waals surface area contributed by atoms with Gasteiger partial charge in [-0.1, -0.05) is 6.08 Å². The maximum atomic E-state index is 12.0. The fourth-order valence-corrected chi connectivity index (χ4v) is 2.04. The third-order valence-corrected chi connectivity index (χ3v) is 3.11. The molecule has 2 rings (SSSR count). The molecule has 0 spiro atoms. The van der Waals surface area contributed by atoms with Crippen molar-refractivity contribution in [2.45, 2.75) is 39.3 Å². The van der Waals surface area contributed by atoms with Crippen LogP contribution in [0.3, 0.4) is 0 Å². The summed E-state index contributed by atoms with van der Waals surface area (Å²) >= 11 is 0. The summed E-state index contributed by atoms with van der Waals surface area (Å²) in [5.74, 6) is 0.461. The van der Waals surface area contributed by atoms with Crippen molar-refractivity contribution in [3.63, 3.8) is 0 Å². The molecule has 0 unspecified atom stereocenters. The summed E-state index contributed by atoms with van der Waals surface area (Å²) < 4.78 is 7.70. The summed E-state index contributed by atoms with van der Waals surface area (Å²) in [6.45, 7) is 2.71. The number of carbonyl (C=O) groups is 1. The second-order valence-electron chi connectivity index (χ2n) is 4.37. The predicted molar refractivity (Wildman–Crippen MR) is 65.2 cm³/mol. The minimum Gasteiger partial charge on any atom is -0.466 e. The van der Waals surface area contributed by atoms with Crippen molar-refractivity contribution in [2.24, 2.45) is 0 Å². The molecule has 98 valence electrons. The highest BCUT2D eigenvalue weighted by Gasteiger charge is 2.16. The number of nitrogens with zero attached hydrogens (tertiary/aromatic N) is 3. The first-order valence-electron chi connectivity index (χ1n) is 6.05. The van der Waals surface area contributed by atoms with E-state index in [9.17, 15) is 9.59 Å². The molecule has 0 radical (unpaired) electrons. The first-order valence-corrected chi connectivity index (χ1v) is 6.05.